The normalized spacial score (nSPS) is 14.5. The van der Waals surface area contributed by atoms with Gasteiger partial charge in [0.05, 0.1) is 29.3 Å². The minimum Gasteiger partial charge on any atom is -0.466 e. The van der Waals surface area contributed by atoms with E-state index >= 15 is 0 Å². The van der Waals surface area contributed by atoms with Gasteiger partial charge in [-0.05, 0) is 44.0 Å². The first-order valence-electron chi connectivity index (χ1n) is 11.3. The number of ether oxygens (including phenoxy) is 1. The number of rotatable bonds is 5. The van der Waals surface area contributed by atoms with Crippen LogP contribution in [0.3, 0.4) is 0 Å². The van der Waals surface area contributed by atoms with Crippen molar-refractivity contribution in [3.63, 3.8) is 0 Å². The molecule has 0 amide bonds. The highest BCUT2D eigenvalue weighted by atomic mass is 19.1. The Morgan fingerprint density at radius 2 is 1.79 bits per heavy atom. The molecule has 0 unspecified atom stereocenters. The third-order valence-corrected chi connectivity index (χ3v) is 6.08. The summed E-state index contributed by atoms with van der Waals surface area (Å²) in [7, 11) is 0. The lowest BCUT2D eigenvalue weighted by atomic mass is 9.97. The van der Waals surface area contributed by atoms with E-state index in [2.05, 4.69) is 5.10 Å². The van der Waals surface area contributed by atoms with E-state index in [1.165, 1.54) is 6.07 Å². The molecule has 4 aromatic rings. The van der Waals surface area contributed by atoms with Gasteiger partial charge in [0.25, 0.3) is 0 Å². The summed E-state index contributed by atoms with van der Waals surface area (Å²) >= 11 is 0. The number of nitrogens with two attached hydrogens (primary N) is 1. The topological polar surface area (TPSA) is 99.2 Å². The van der Waals surface area contributed by atoms with Gasteiger partial charge in [-0.25, -0.2) is 14.1 Å². The molecule has 2 aromatic carbocycles. The number of nitrogens with zero attached hydrogens (tertiary/aromatic N) is 5. The summed E-state index contributed by atoms with van der Waals surface area (Å²) in [5, 5.41) is 5.14. The van der Waals surface area contributed by atoms with E-state index < -0.39 is 5.82 Å². The maximum absolute atomic E-state index is 14.9. The molecule has 1 aliphatic heterocycles. The Kier molecular flexibility index (Phi) is 5.83. The molecule has 5 rings (SSSR count). The second kappa shape index (κ2) is 9.09. The Labute approximate surface area is 196 Å². The molecule has 2 N–H and O–H groups in total. The summed E-state index contributed by atoms with van der Waals surface area (Å²) in [6.07, 6.45) is 1.27. The molecule has 0 bridgehead atoms. The molecular weight excluding hydrogens is 435 g/mol. The quantitative estimate of drug-likeness (QED) is 0.450. The molecule has 9 heteroatoms. The summed E-state index contributed by atoms with van der Waals surface area (Å²) in [4.78, 5) is 23.6. The third-order valence-electron chi connectivity index (χ3n) is 6.08. The average molecular weight is 461 g/mol. The lowest BCUT2D eigenvalue weighted by Crippen LogP contribution is -2.38. The smallest absolute Gasteiger partial charge is 0.309 e. The molecule has 0 aliphatic carbocycles. The van der Waals surface area contributed by atoms with E-state index in [0.29, 0.717) is 66.6 Å². The Morgan fingerprint density at radius 1 is 1.09 bits per heavy atom. The number of halogens is 1. The number of aromatic nitrogens is 4. The minimum atomic E-state index is -0.402. The van der Waals surface area contributed by atoms with Gasteiger partial charge in [0.2, 0.25) is 5.95 Å². The highest BCUT2D eigenvalue weighted by Crippen LogP contribution is 2.35. The molecule has 1 saturated heterocycles. The second-order valence-electron chi connectivity index (χ2n) is 8.20. The predicted octanol–water partition coefficient (Wildman–Crippen LogP) is 3.98. The first-order chi connectivity index (χ1) is 16.6. The van der Waals surface area contributed by atoms with Crippen molar-refractivity contribution in [3.8, 4) is 16.9 Å². The highest BCUT2D eigenvalue weighted by Gasteiger charge is 2.29. The van der Waals surface area contributed by atoms with E-state index in [-0.39, 0.29) is 11.9 Å². The fourth-order valence-corrected chi connectivity index (χ4v) is 4.33. The van der Waals surface area contributed by atoms with E-state index in [4.69, 9.17) is 20.4 Å². The molecule has 0 atom stereocenters. The standard InChI is InChI=1S/C25H25FN6O2/c1-2-34-24(33)16-12-14-31(15-13-16)25-28-21(18-10-6-7-11-19(18)26)20-22(27)32(30-23(20)29-25)17-8-4-3-5-9-17/h3-11,16H,2,12-15,27H2,1H3. The molecule has 8 nitrogen and oxygen atoms in total. The largest absolute Gasteiger partial charge is 0.466 e. The van der Waals surface area contributed by atoms with Crippen LogP contribution in [0.4, 0.5) is 16.2 Å². The van der Waals surface area contributed by atoms with Gasteiger partial charge in [0, 0.05) is 18.7 Å². The van der Waals surface area contributed by atoms with Gasteiger partial charge in [0.15, 0.2) is 5.65 Å². The van der Waals surface area contributed by atoms with Crippen molar-refractivity contribution in [3.05, 3.63) is 60.4 Å². The third kappa shape index (κ3) is 3.93. The number of anilines is 2. The number of fused-ring (bicyclic) bond motifs is 1. The van der Waals surface area contributed by atoms with Gasteiger partial charge >= 0.3 is 5.97 Å². The minimum absolute atomic E-state index is 0.140. The van der Waals surface area contributed by atoms with Gasteiger partial charge < -0.3 is 15.4 Å². The van der Waals surface area contributed by atoms with Crippen LogP contribution in [-0.2, 0) is 9.53 Å². The molecule has 1 aliphatic rings. The number of para-hydroxylation sites is 1. The van der Waals surface area contributed by atoms with Crippen molar-refractivity contribution in [2.75, 3.05) is 30.3 Å². The van der Waals surface area contributed by atoms with Gasteiger partial charge in [0.1, 0.15) is 11.6 Å². The number of carbonyl (C=O) groups excluding carboxylic acids is 1. The molecule has 0 radical (unpaired) electrons. The fourth-order valence-electron chi connectivity index (χ4n) is 4.33. The van der Waals surface area contributed by atoms with Crippen LogP contribution in [0.5, 0.6) is 0 Å². The van der Waals surface area contributed by atoms with Crippen molar-refractivity contribution >= 4 is 28.8 Å². The molecule has 0 spiro atoms. The molecule has 34 heavy (non-hydrogen) atoms. The molecule has 174 valence electrons. The zero-order chi connectivity index (χ0) is 23.7. The van der Waals surface area contributed by atoms with E-state index in [9.17, 15) is 9.18 Å². The van der Waals surface area contributed by atoms with Crippen LogP contribution in [0.15, 0.2) is 54.6 Å². The maximum Gasteiger partial charge on any atom is 0.309 e. The zero-order valence-electron chi connectivity index (χ0n) is 18.8. The van der Waals surface area contributed by atoms with Crippen LogP contribution in [0.2, 0.25) is 0 Å². The molecule has 1 fully saturated rings. The molecular formula is C25H25FN6O2. The maximum atomic E-state index is 14.9. The van der Waals surface area contributed by atoms with Gasteiger partial charge in [-0.2, -0.15) is 4.98 Å². The summed E-state index contributed by atoms with van der Waals surface area (Å²) in [6, 6.07) is 15.9. The lowest BCUT2D eigenvalue weighted by Gasteiger charge is -2.31. The lowest BCUT2D eigenvalue weighted by molar-refractivity contribution is -0.148. The van der Waals surface area contributed by atoms with Crippen molar-refractivity contribution in [1.82, 2.24) is 19.7 Å². The Bertz CT molecular complexity index is 1330. The predicted molar refractivity (Wildman–Crippen MR) is 128 cm³/mol. The van der Waals surface area contributed by atoms with Gasteiger partial charge in [-0.1, -0.05) is 30.3 Å². The number of hydrogen-bond acceptors (Lipinski definition) is 7. The number of benzene rings is 2. The first-order valence-corrected chi connectivity index (χ1v) is 11.3. The Balaban J connectivity index is 1.59. The van der Waals surface area contributed by atoms with Crippen LogP contribution in [0.25, 0.3) is 28.0 Å². The van der Waals surface area contributed by atoms with Crippen molar-refractivity contribution in [2.45, 2.75) is 19.8 Å². The van der Waals surface area contributed by atoms with Crippen LogP contribution < -0.4 is 10.6 Å². The average Bonchev–Trinajstić information content (AvgIpc) is 3.21. The van der Waals surface area contributed by atoms with Crippen molar-refractivity contribution in [1.29, 1.82) is 0 Å². The monoisotopic (exact) mass is 460 g/mol. The number of nitrogen functional groups attached to an aromatic ring is 1. The summed E-state index contributed by atoms with van der Waals surface area (Å²) < 4.78 is 21.6. The summed E-state index contributed by atoms with van der Waals surface area (Å²) in [5.41, 5.74) is 8.38. The Hall–Kier alpha value is -4.01. The zero-order valence-corrected chi connectivity index (χ0v) is 18.8. The fraction of sp³-hybridized carbons (Fsp3) is 0.280. The number of carbonyl (C=O) groups is 1. The SMILES string of the molecule is CCOC(=O)C1CCN(c2nc(-c3ccccc3F)c3c(N)n(-c4ccccc4)nc3n2)CC1. The molecule has 0 saturated carbocycles. The summed E-state index contributed by atoms with van der Waals surface area (Å²) in [6.45, 7) is 3.35. The number of piperidine rings is 1. The second-order valence-corrected chi connectivity index (χ2v) is 8.20. The van der Waals surface area contributed by atoms with Gasteiger partial charge in [-0.3, -0.25) is 4.79 Å². The van der Waals surface area contributed by atoms with Crippen LogP contribution in [-0.4, -0.2) is 45.4 Å². The van der Waals surface area contributed by atoms with E-state index in [1.54, 1.807) is 29.8 Å². The summed E-state index contributed by atoms with van der Waals surface area (Å²) in [5.74, 6) is 0.0676. The molecule has 2 aromatic heterocycles. The highest BCUT2D eigenvalue weighted by molar-refractivity contribution is 5.99. The van der Waals surface area contributed by atoms with Gasteiger partial charge in [-0.15, -0.1) is 5.10 Å². The van der Waals surface area contributed by atoms with E-state index in [0.717, 1.165) is 5.69 Å². The molecule has 3 heterocycles. The van der Waals surface area contributed by atoms with Crippen molar-refractivity contribution < 1.29 is 13.9 Å². The van der Waals surface area contributed by atoms with Crippen LogP contribution in [0, 0.1) is 11.7 Å². The van der Waals surface area contributed by atoms with Crippen molar-refractivity contribution in [2.24, 2.45) is 5.92 Å². The Morgan fingerprint density at radius 3 is 2.50 bits per heavy atom. The van der Waals surface area contributed by atoms with E-state index in [1.807, 2.05) is 35.2 Å². The van der Waals surface area contributed by atoms with Crippen LogP contribution >= 0.6 is 0 Å². The number of hydrogen-bond donors (Lipinski definition) is 1. The van der Waals surface area contributed by atoms with Crippen LogP contribution in [0.1, 0.15) is 19.8 Å². The number of esters is 1. The first kappa shape index (κ1) is 21.8.